The SMILES string of the molecule is Cc1cc(C)c(S(=O)Cc2ccccc2)c(C)c1. The molecule has 18 heavy (non-hydrogen) atoms. The van der Waals surface area contributed by atoms with Crippen LogP contribution in [0.3, 0.4) is 0 Å². The fraction of sp³-hybridized carbons (Fsp3) is 0.250. The second-order valence-electron chi connectivity index (χ2n) is 4.70. The Morgan fingerprint density at radius 3 is 2.06 bits per heavy atom. The lowest BCUT2D eigenvalue weighted by Crippen LogP contribution is -2.02. The van der Waals surface area contributed by atoms with Gasteiger partial charge in [-0.3, -0.25) is 4.21 Å². The minimum atomic E-state index is -0.966. The van der Waals surface area contributed by atoms with Crippen LogP contribution in [0.1, 0.15) is 22.3 Å². The summed E-state index contributed by atoms with van der Waals surface area (Å²) in [5.41, 5.74) is 4.60. The van der Waals surface area contributed by atoms with Gasteiger partial charge in [0.05, 0.1) is 16.6 Å². The van der Waals surface area contributed by atoms with Gasteiger partial charge in [-0.1, -0.05) is 48.0 Å². The summed E-state index contributed by atoms with van der Waals surface area (Å²) < 4.78 is 12.5. The smallest absolute Gasteiger partial charge is 0.0579 e. The first kappa shape index (κ1) is 13.0. The lowest BCUT2D eigenvalue weighted by Gasteiger charge is -2.11. The highest BCUT2D eigenvalue weighted by Gasteiger charge is 2.11. The van der Waals surface area contributed by atoms with E-state index < -0.39 is 10.8 Å². The molecule has 0 aliphatic rings. The number of hydrogen-bond acceptors (Lipinski definition) is 1. The minimum absolute atomic E-state index is 0.589. The third kappa shape index (κ3) is 2.88. The molecule has 0 heterocycles. The predicted octanol–water partition coefficient (Wildman–Crippen LogP) is 3.92. The van der Waals surface area contributed by atoms with Crippen molar-refractivity contribution >= 4 is 10.8 Å². The maximum Gasteiger partial charge on any atom is 0.0579 e. The van der Waals surface area contributed by atoms with Crippen LogP contribution < -0.4 is 0 Å². The second kappa shape index (κ2) is 5.49. The van der Waals surface area contributed by atoms with Crippen molar-refractivity contribution in [2.24, 2.45) is 0 Å². The molecule has 0 aliphatic carbocycles. The van der Waals surface area contributed by atoms with Crippen LogP contribution in [0.2, 0.25) is 0 Å². The zero-order chi connectivity index (χ0) is 13.1. The van der Waals surface area contributed by atoms with Crippen molar-refractivity contribution in [2.75, 3.05) is 0 Å². The largest absolute Gasteiger partial charge is 0.254 e. The third-order valence-electron chi connectivity index (χ3n) is 2.97. The Hall–Kier alpha value is -1.41. The van der Waals surface area contributed by atoms with E-state index >= 15 is 0 Å². The van der Waals surface area contributed by atoms with Crippen LogP contribution in [0.5, 0.6) is 0 Å². The molecule has 2 aromatic rings. The molecule has 0 spiro atoms. The van der Waals surface area contributed by atoms with Crippen LogP contribution in [-0.4, -0.2) is 4.21 Å². The van der Waals surface area contributed by atoms with Gasteiger partial charge < -0.3 is 0 Å². The molecule has 0 N–H and O–H groups in total. The van der Waals surface area contributed by atoms with Gasteiger partial charge >= 0.3 is 0 Å². The number of benzene rings is 2. The van der Waals surface area contributed by atoms with Crippen LogP contribution in [-0.2, 0) is 16.6 Å². The molecule has 2 rings (SSSR count). The van der Waals surface area contributed by atoms with Crippen LogP contribution >= 0.6 is 0 Å². The van der Waals surface area contributed by atoms with Crippen LogP contribution in [0.15, 0.2) is 47.4 Å². The molecule has 0 fully saturated rings. The van der Waals surface area contributed by atoms with Crippen LogP contribution in [0.25, 0.3) is 0 Å². The lowest BCUT2D eigenvalue weighted by molar-refractivity contribution is 0.681. The average Bonchev–Trinajstić information content (AvgIpc) is 2.28. The molecule has 0 radical (unpaired) electrons. The van der Waals surface area contributed by atoms with E-state index in [0.29, 0.717) is 5.75 Å². The van der Waals surface area contributed by atoms with Crippen molar-refractivity contribution < 1.29 is 4.21 Å². The molecule has 0 bridgehead atoms. The molecule has 1 atom stereocenters. The van der Waals surface area contributed by atoms with Gasteiger partial charge in [0.15, 0.2) is 0 Å². The number of rotatable bonds is 3. The lowest BCUT2D eigenvalue weighted by atomic mass is 10.1. The van der Waals surface area contributed by atoms with Gasteiger partial charge in [-0.15, -0.1) is 0 Å². The average molecular weight is 258 g/mol. The molecule has 0 aliphatic heterocycles. The molecule has 94 valence electrons. The fourth-order valence-electron chi connectivity index (χ4n) is 2.32. The van der Waals surface area contributed by atoms with E-state index in [1.165, 1.54) is 5.56 Å². The zero-order valence-corrected chi connectivity index (χ0v) is 11.9. The number of aryl methyl sites for hydroxylation is 3. The van der Waals surface area contributed by atoms with E-state index in [9.17, 15) is 4.21 Å². The first-order valence-corrected chi connectivity index (χ1v) is 7.40. The summed E-state index contributed by atoms with van der Waals surface area (Å²) in [6.07, 6.45) is 0. The Kier molecular flexibility index (Phi) is 3.97. The maximum atomic E-state index is 12.5. The van der Waals surface area contributed by atoms with Gasteiger partial charge in [0.2, 0.25) is 0 Å². The summed E-state index contributed by atoms with van der Waals surface area (Å²) in [6.45, 7) is 6.15. The van der Waals surface area contributed by atoms with E-state index in [1.807, 2.05) is 44.2 Å². The highest BCUT2D eigenvalue weighted by Crippen LogP contribution is 2.22. The zero-order valence-electron chi connectivity index (χ0n) is 11.1. The summed E-state index contributed by atoms with van der Waals surface area (Å²) in [5.74, 6) is 0.589. The van der Waals surface area contributed by atoms with E-state index in [2.05, 4.69) is 19.1 Å². The standard InChI is InChI=1S/C16H18OS/c1-12-9-13(2)16(14(3)10-12)18(17)11-15-7-5-4-6-8-15/h4-10H,11H2,1-3H3. The summed E-state index contributed by atoms with van der Waals surface area (Å²) >= 11 is 0. The summed E-state index contributed by atoms with van der Waals surface area (Å²) in [6, 6.07) is 14.2. The van der Waals surface area contributed by atoms with E-state index in [0.717, 1.165) is 21.6 Å². The first-order chi connectivity index (χ1) is 8.58. The highest BCUT2D eigenvalue weighted by molar-refractivity contribution is 7.84. The molecular weight excluding hydrogens is 240 g/mol. The minimum Gasteiger partial charge on any atom is -0.254 e. The van der Waals surface area contributed by atoms with Crippen molar-refractivity contribution in [3.05, 3.63) is 64.7 Å². The van der Waals surface area contributed by atoms with Crippen molar-refractivity contribution in [1.82, 2.24) is 0 Å². The quantitative estimate of drug-likeness (QED) is 0.815. The monoisotopic (exact) mass is 258 g/mol. The highest BCUT2D eigenvalue weighted by atomic mass is 32.2. The molecule has 2 heteroatoms. The van der Waals surface area contributed by atoms with E-state index in [1.54, 1.807) is 0 Å². The van der Waals surface area contributed by atoms with Gasteiger partial charge in [0, 0.05) is 4.90 Å². The van der Waals surface area contributed by atoms with Crippen molar-refractivity contribution in [3.8, 4) is 0 Å². The third-order valence-corrected chi connectivity index (χ3v) is 4.67. The molecule has 0 saturated heterocycles. The molecule has 0 aromatic heterocycles. The van der Waals surface area contributed by atoms with Gasteiger partial charge in [0.25, 0.3) is 0 Å². The molecule has 0 amide bonds. The van der Waals surface area contributed by atoms with E-state index in [4.69, 9.17) is 0 Å². The molecule has 1 unspecified atom stereocenters. The summed E-state index contributed by atoms with van der Waals surface area (Å²) in [7, 11) is -0.966. The van der Waals surface area contributed by atoms with Gasteiger partial charge in [-0.2, -0.15) is 0 Å². The fourth-order valence-corrected chi connectivity index (χ4v) is 3.80. The number of hydrogen-bond donors (Lipinski definition) is 0. The Labute approximate surface area is 111 Å². The Morgan fingerprint density at radius 2 is 1.50 bits per heavy atom. The Bertz CT molecular complexity index is 550. The normalized spacial score (nSPS) is 12.4. The van der Waals surface area contributed by atoms with Crippen LogP contribution in [0.4, 0.5) is 0 Å². The van der Waals surface area contributed by atoms with Crippen molar-refractivity contribution in [2.45, 2.75) is 31.4 Å². The summed E-state index contributed by atoms with van der Waals surface area (Å²) in [4.78, 5) is 0.990. The predicted molar refractivity (Wildman–Crippen MR) is 77.2 cm³/mol. The molecule has 0 saturated carbocycles. The molecule has 1 nitrogen and oxygen atoms in total. The Morgan fingerprint density at radius 1 is 0.944 bits per heavy atom. The van der Waals surface area contributed by atoms with Crippen molar-refractivity contribution in [1.29, 1.82) is 0 Å². The molecule has 2 aromatic carbocycles. The van der Waals surface area contributed by atoms with E-state index in [-0.39, 0.29) is 0 Å². The van der Waals surface area contributed by atoms with Gasteiger partial charge in [0.1, 0.15) is 0 Å². The Balaban J connectivity index is 2.30. The topological polar surface area (TPSA) is 17.1 Å². The van der Waals surface area contributed by atoms with Crippen molar-refractivity contribution in [3.63, 3.8) is 0 Å². The second-order valence-corrected chi connectivity index (χ2v) is 6.09. The summed E-state index contributed by atoms with van der Waals surface area (Å²) in [5, 5.41) is 0. The molecular formula is C16H18OS. The van der Waals surface area contributed by atoms with Gasteiger partial charge in [-0.25, -0.2) is 0 Å². The van der Waals surface area contributed by atoms with Crippen LogP contribution in [0, 0.1) is 20.8 Å². The van der Waals surface area contributed by atoms with Gasteiger partial charge in [-0.05, 0) is 37.5 Å². The first-order valence-electron chi connectivity index (χ1n) is 6.08. The maximum absolute atomic E-state index is 12.5.